The van der Waals surface area contributed by atoms with E-state index in [4.69, 9.17) is 10.5 Å². The first-order chi connectivity index (χ1) is 11.5. The van der Waals surface area contributed by atoms with Gasteiger partial charge in [-0.1, -0.05) is 12.1 Å². The van der Waals surface area contributed by atoms with Gasteiger partial charge in [-0.05, 0) is 62.1 Å². The Morgan fingerprint density at radius 1 is 1.38 bits per heavy atom. The first-order valence-corrected chi connectivity index (χ1v) is 8.77. The standard InChI is InChI=1S/C19H26N2O3/c1-24-16-6-2-4-14(12-16)7-8-15-5-3-11-21(13-15)18(23)19(9-10-19)17(20)22/h2,4,6,12,15H,3,5,7-11,13H2,1H3,(H2,20,22)/t15-/m0/s1. The number of aryl methyl sites for hydroxylation is 1. The fraction of sp³-hybridized carbons (Fsp3) is 0.579. The van der Waals surface area contributed by atoms with Gasteiger partial charge in [0, 0.05) is 13.1 Å². The second-order valence-electron chi connectivity index (χ2n) is 7.10. The summed E-state index contributed by atoms with van der Waals surface area (Å²) in [7, 11) is 1.68. The van der Waals surface area contributed by atoms with E-state index in [1.165, 1.54) is 5.56 Å². The lowest BCUT2D eigenvalue weighted by Crippen LogP contribution is -2.47. The highest BCUT2D eigenvalue weighted by molar-refractivity contribution is 6.07. The molecule has 1 saturated carbocycles. The number of carbonyl (C=O) groups excluding carboxylic acids is 2. The molecule has 5 nitrogen and oxygen atoms in total. The van der Waals surface area contributed by atoms with Crippen LogP contribution in [0.15, 0.2) is 24.3 Å². The number of primary amides is 1. The third-order valence-electron chi connectivity index (χ3n) is 5.41. The zero-order valence-corrected chi connectivity index (χ0v) is 14.3. The molecule has 2 amide bonds. The summed E-state index contributed by atoms with van der Waals surface area (Å²) >= 11 is 0. The topological polar surface area (TPSA) is 72.6 Å². The molecule has 1 aliphatic heterocycles. The van der Waals surface area contributed by atoms with Gasteiger partial charge in [-0.15, -0.1) is 0 Å². The minimum absolute atomic E-state index is 0.0407. The molecule has 0 spiro atoms. The Kier molecular flexibility index (Phi) is 4.78. The van der Waals surface area contributed by atoms with Crippen molar-refractivity contribution in [3.05, 3.63) is 29.8 Å². The van der Waals surface area contributed by atoms with Crippen LogP contribution in [-0.2, 0) is 16.0 Å². The number of piperidine rings is 1. The summed E-state index contributed by atoms with van der Waals surface area (Å²) in [4.78, 5) is 26.1. The number of carbonyl (C=O) groups is 2. The number of ether oxygens (including phenoxy) is 1. The third-order valence-corrected chi connectivity index (χ3v) is 5.41. The van der Waals surface area contributed by atoms with Crippen molar-refractivity contribution in [3.63, 3.8) is 0 Å². The maximum absolute atomic E-state index is 12.6. The van der Waals surface area contributed by atoms with E-state index in [9.17, 15) is 9.59 Å². The highest BCUT2D eigenvalue weighted by Crippen LogP contribution is 2.47. The minimum Gasteiger partial charge on any atom is -0.497 e. The second-order valence-corrected chi connectivity index (χ2v) is 7.10. The molecule has 1 aromatic carbocycles. The van der Waals surface area contributed by atoms with Crippen LogP contribution >= 0.6 is 0 Å². The normalized spacial score (nSPS) is 22.0. The number of amides is 2. The second kappa shape index (κ2) is 6.83. The van der Waals surface area contributed by atoms with Crippen LogP contribution in [0.25, 0.3) is 0 Å². The molecule has 2 N–H and O–H groups in total. The highest BCUT2D eigenvalue weighted by atomic mass is 16.5. The van der Waals surface area contributed by atoms with Crippen LogP contribution in [0.5, 0.6) is 5.75 Å². The highest BCUT2D eigenvalue weighted by Gasteiger charge is 2.57. The summed E-state index contributed by atoms with van der Waals surface area (Å²) in [5, 5.41) is 0. The Morgan fingerprint density at radius 3 is 2.83 bits per heavy atom. The van der Waals surface area contributed by atoms with Gasteiger partial charge >= 0.3 is 0 Å². The van der Waals surface area contributed by atoms with Crippen molar-refractivity contribution >= 4 is 11.8 Å². The molecule has 2 aliphatic rings. The Hall–Kier alpha value is -2.04. The lowest BCUT2D eigenvalue weighted by atomic mass is 9.90. The summed E-state index contributed by atoms with van der Waals surface area (Å²) in [6.45, 7) is 1.50. The molecule has 1 aromatic rings. The van der Waals surface area contributed by atoms with Crippen LogP contribution in [0.2, 0.25) is 0 Å². The smallest absolute Gasteiger partial charge is 0.238 e. The van der Waals surface area contributed by atoms with Crippen molar-refractivity contribution in [1.29, 1.82) is 0 Å². The van der Waals surface area contributed by atoms with Gasteiger partial charge in [0.05, 0.1) is 7.11 Å². The Balaban J connectivity index is 1.56. The van der Waals surface area contributed by atoms with Gasteiger partial charge in [0.1, 0.15) is 11.2 Å². The average Bonchev–Trinajstić information content (AvgIpc) is 3.42. The van der Waals surface area contributed by atoms with Gasteiger partial charge in [0.25, 0.3) is 0 Å². The van der Waals surface area contributed by atoms with E-state index in [0.717, 1.165) is 44.5 Å². The van der Waals surface area contributed by atoms with E-state index in [2.05, 4.69) is 12.1 Å². The van der Waals surface area contributed by atoms with Crippen molar-refractivity contribution in [3.8, 4) is 5.75 Å². The minimum atomic E-state index is -0.880. The maximum atomic E-state index is 12.6. The lowest BCUT2D eigenvalue weighted by molar-refractivity contribution is -0.144. The van der Waals surface area contributed by atoms with Crippen LogP contribution in [0.3, 0.4) is 0 Å². The maximum Gasteiger partial charge on any atom is 0.238 e. The van der Waals surface area contributed by atoms with Gasteiger partial charge in [-0.25, -0.2) is 0 Å². The fourth-order valence-corrected chi connectivity index (χ4v) is 3.68. The van der Waals surface area contributed by atoms with Crippen molar-refractivity contribution in [1.82, 2.24) is 4.90 Å². The SMILES string of the molecule is COc1cccc(CC[C@@H]2CCCN(C(=O)C3(C(N)=O)CC3)C2)c1. The van der Waals surface area contributed by atoms with Crippen molar-refractivity contribution in [2.24, 2.45) is 17.1 Å². The summed E-state index contributed by atoms with van der Waals surface area (Å²) in [5.41, 5.74) is 5.82. The number of hydrogen-bond acceptors (Lipinski definition) is 3. The Morgan fingerprint density at radius 2 is 2.17 bits per heavy atom. The molecule has 1 heterocycles. The number of benzene rings is 1. The van der Waals surface area contributed by atoms with E-state index in [0.29, 0.717) is 18.8 Å². The number of likely N-dealkylation sites (tertiary alicyclic amines) is 1. The van der Waals surface area contributed by atoms with E-state index in [-0.39, 0.29) is 5.91 Å². The lowest BCUT2D eigenvalue weighted by Gasteiger charge is -2.34. The van der Waals surface area contributed by atoms with E-state index in [1.54, 1.807) is 7.11 Å². The molecule has 1 atom stereocenters. The zero-order valence-electron chi connectivity index (χ0n) is 14.3. The predicted octanol–water partition coefficient (Wildman–Crippen LogP) is 2.13. The summed E-state index contributed by atoms with van der Waals surface area (Å²) in [6.07, 6.45) is 5.39. The van der Waals surface area contributed by atoms with E-state index < -0.39 is 11.3 Å². The molecule has 0 unspecified atom stereocenters. The van der Waals surface area contributed by atoms with Crippen LogP contribution in [0, 0.1) is 11.3 Å². The average molecular weight is 330 g/mol. The first-order valence-electron chi connectivity index (χ1n) is 8.77. The number of hydrogen-bond donors (Lipinski definition) is 1. The molecular weight excluding hydrogens is 304 g/mol. The molecule has 130 valence electrons. The molecule has 1 aliphatic carbocycles. The monoisotopic (exact) mass is 330 g/mol. The van der Waals surface area contributed by atoms with Crippen LogP contribution in [0.4, 0.5) is 0 Å². The van der Waals surface area contributed by atoms with Crippen molar-refractivity contribution in [2.45, 2.75) is 38.5 Å². The quantitative estimate of drug-likeness (QED) is 0.812. The molecule has 0 radical (unpaired) electrons. The van der Waals surface area contributed by atoms with Gasteiger partial charge in [0.2, 0.25) is 11.8 Å². The molecular formula is C19H26N2O3. The molecule has 0 bridgehead atoms. The van der Waals surface area contributed by atoms with E-state index >= 15 is 0 Å². The summed E-state index contributed by atoms with van der Waals surface area (Å²) < 4.78 is 5.27. The molecule has 3 rings (SSSR count). The number of nitrogens with zero attached hydrogens (tertiary/aromatic N) is 1. The Labute approximate surface area is 143 Å². The molecule has 1 saturated heterocycles. The summed E-state index contributed by atoms with van der Waals surface area (Å²) in [6, 6.07) is 8.14. The van der Waals surface area contributed by atoms with Crippen molar-refractivity contribution < 1.29 is 14.3 Å². The number of nitrogens with two attached hydrogens (primary N) is 1. The molecule has 24 heavy (non-hydrogen) atoms. The first kappa shape index (κ1) is 16.8. The zero-order chi connectivity index (χ0) is 17.2. The number of rotatable bonds is 6. The molecule has 2 fully saturated rings. The van der Waals surface area contributed by atoms with E-state index in [1.807, 2.05) is 17.0 Å². The largest absolute Gasteiger partial charge is 0.497 e. The van der Waals surface area contributed by atoms with Gasteiger partial charge in [0.15, 0.2) is 0 Å². The van der Waals surface area contributed by atoms with Gasteiger partial charge in [-0.2, -0.15) is 0 Å². The van der Waals surface area contributed by atoms with Crippen LogP contribution in [-0.4, -0.2) is 36.9 Å². The molecule has 0 aromatic heterocycles. The van der Waals surface area contributed by atoms with Gasteiger partial charge in [-0.3, -0.25) is 9.59 Å². The van der Waals surface area contributed by atoms with Crippen molar-refractivity contribution in [2.75, 3.05) is 20.2 Å². The Bertz CT molecular complexity index is 625. The fourth-order valence-electron chi connectivity index (χ4n) is 3.68. The predicted molar refractivity (Wildman–Crippen MR) is 91.5 cm³/mol. The van der Waals surface area contributed by atoms with Gasteiger partial charge < -0.3 is 15.4 Å². The molecule has 5 heteroatoms. The summed E-state index contributed by atoms with van der Waals surface area (Å²) in [5.74, 6) is 0.870. The van der Waals surface area contributed by atoms with Crippen LogP contribution < -0.4 is 10.5 Å². The van der Waals surface area contributed by atoms with Crippen LogP contribution in [0.1, 0.15) is 37.7 Å². The number of methoxy groups -OCH3 is 1. The third kappa shape index (κ3) is 3.40.